The van der Waals surface area contributed by atoms with Crippen molar-refractivity contribution in [1.82, 2.24) is 4.31 Å². The van der Waals surface area contributed by atoms with Crippen LogP contribution in [-0.4, -0.2) is 44.9 Å². The van der Waals surface area contributed by atoms with E-state index in [9.17, 15) is 17.6 Å². The molecule has 1 amide bonds. The van der Waals surface area contributed by atoms with E-state index in [1.807, 2.05) is 18.2 Å². The Balaban J connectivity index is 1.28. The van der Waals surface area contributed by atoms with Crippen LogP contribution in [0.2, 0.25) is 0 Å². The molecule has 1 saturated heterocycles. The van der Waals surface area contributed by atoms with Gasteiger partial charge in [-0.1, -0.05) is 30.3 Å². The highest BCUT2D eigenvalue weighted by atomic mass is 32.2. The van der Waals surface area contributed by atoms with Crippen molar-refractivity contribution < 1.29 is 27.1 Å². The maximum atomic E-state index is 13.3. The Morgan fingerprint density at radius 1 is 0.971 bits per heavy atom. The minimum absolute atomic E-state index is 0.154. The summed E-state index contributed by atoms with van der Waals surface area (Å²) < 4.78 is 51.0. The second kappa shape index (κ2) is 11.4. The molecule has 7 nitrogen and oxygen atoms in total. The number of nitrogens with zero attached hydrogens (tertiary/aromatic N) is 1. The van der Waals surface area contributed by atoms with Crippen LogP contribution in [0.1, 0.15) is 17.5 Å². The number of carbonyl (C=O) groups is 1. The molecule has 0 aliphatic carbocycles. The first-order valence-corrected chi connectivity index (χ1v) is 12.8. The second-order valence-corrected chi connectivity index (χ2v) is 10.1. The monoisotopic (exact) mass is 498 g/mol. The van der Waals surface area contributed by atoms with Gasteiger partial charge in [-0.3, -0.25) is 4.79 Å². The summed E-state index contributed by atoms with van der Waals surface area (Å²) in [5, 5.41) is 2.87. The average molecular weight is 499 g/mol. The van der Waals surface area contributed by atoms with E-state index in [1.54, 1.807) is 42.5 Å². The molecule has 4 rings (SSSR count). The van der Waals surface area contributed by atoms with Gasteiger partial charge in [0.15, 0.2) is 0 Å². The van der Waals surface area contributed by atoms with E-state index in [-0.39, 0.29) is 29.6 Å². The number of carbonyl (C=O) groups excluding carboxylic acids is 1. The maximum absolute atomic E-state index is 13.3. The van der Waals surface area contributed by atoms with Crippen molar-refractivity contribution in [3.05, 3.63) is 89.7 Å². The molecule has 1 fully saturated rings. The SMILES string of the molecule is O=C(CCc1ccc(S(=O)(=O)N2CCOCC2)cc1)Nc1cccc(COc2cccc(F)c2)c1. The fourth-order valence-corrected chi connectivity index (χ4v) is 5.12. The Bertz CT molecular complexity index is 1260. The molecule has 0 radical (unpaired) electrons. The molecule has 9 heteroatoms. The molecule has 3 aromatic carbocycles. The fraction of sp³-hybridized carbons (Fsp3) is 0.269. The lowest BCUT2D eigenvalue weighted by molar-refractivity contribution is -0.116. The first-order valence-electron chi connectivity index (χ1n) is 11.3. The van der Waals surface area contributed by atoms with Crippen LogP contribution in [0.5, 0.6) is 5.75 Å². The number of amides is 1. The Hall–Kier alpha value is -3.27. The zero-order chi connectivity index (χ0) is 24.7. The van der Waals surface area contributed by atoms with E-state index in [0.717, 1.165) is 11.1 Å². The number of hydrogen-bond donors (Lipinski definition) is 1. The van der Waals surface area contributed by atoms with E-state index >= 15 is 0 Å². The van der Waals surface area contributed by atoms with Gasteiger partial charge in [-0.05, 0) is 53.9 Å². The molecule has 1 aliphatic rings. The number of anilines is 1. The number of nitrogens with one attached hydrogen (secondary N) is 1. The number of rotatable bonds is 9. The van der Waals surface area contributed by atoms with Crippen LogP contribution in [0.25, 0.3) is 0 Å². The Morgan fingerprint density at radius 3 is 2.46 bits per heavy atom. The molecule has 0 spiro atoms. The molecule has 0 bridgehead atoms. The standard InChI is InChI=1S/C26H27FN2O5S/c27-22-4-2-6-24(18-22)34-19-21-3-1-5-23(17-21)28-26(30)12-9-20-7-10-25(11-8-20)35(31,32)29-13-15-33-16-14-29/h1-8,10-11,17-18H,9,12-16,19H2,(H,28,30). The van der Waals surface area contributed by atoms with Crippen molar-refractivity contribution in [3.8, 4) is 5.75 Å². The largest absolute Gasteiger partial charge is 0.489 e. The highest BCUT2D eigenvalue weighted by Gasteiger charge is 2.26. The van der Waals surface area contributed by atoms with E-state index in [0.29, 0.717) is 44.2 Å². The molecule has 0 unspecified atom stereocenters. The minimum atomic E-state index is -3.53. The zero-order valence-electron chi connectivity index (χ0n) is 19.2. The van der Waals surface area contributed by atoms with Gasteiger partial charge >= 0.3 is 0 Å². The number of benzene rings is 3. The highest BCUT2D eigenvalue weighted by Crippen LogP contribution is 2.19. The van der Waals surface area contributed by atoms with Crippen molar-refractivity contribution in [2.45, 2.75) is 24.3 Å². The summed E-state index contributed by atoms with van der Waals surface area (Å²) in [6.45, 7) is 1.74. The molecule has 1 aliphatic heterocycles. The lowest BCUT2D eigenvalue weighted by Gasteiger charge is -2.26. The van der Waals surface area contributed by atoms with Gasteiger partial charge in [0.2, 0.25) is 15.9 Å². The summed E-state index contributed by atoms with van der Waals surface area (Å²) in [5.41, 5.74) is 2.35. The minimum Gasteiger partial charge on any atom is -0.489 e. The molecular weight excluding hydrogens is 471 g/mol. The number of hydrogen-bond acceptors (Lipinski definition) is 5. The van der Waals surface area contributed by atoms with Crippen molar-refractivity contribution in [2.75, 3.05) is 31.6 Å². The van der Waals surface area contributed by atoms with Crippen LogP contribution in [-0.2, 0) is 32.6 Å². The van der Waals surface area contributed by atoms with Crippen LogP contribution in [0.4, 0.5) is 10.1 Å². The van der Waals surface area contributed by atoms with Crippen LogP contribution < -0.4 is 10.1 Å². The molecule has 184 valence electrons. The number of aryl methyl sites for hydroxylation is 1. The van der Waals surface area contributed by atoms with Gasteiger partial charge in [0, 0.05) is 31.3 Å². The van der Waals surface area contributed by atoms with E-state index in [1.165, 1.54) is 16.4 Å². The van der Waals surface area contributed by atoms with E-state index < -0.39 is 10.0 Å². The van der Waals surface area contributed by atoms with Gasteiger partial charge in [-0.2, -0.15) is 4.31 Å². The predicted molar refractivity (Wildman–Crippen MR) is 130 cm³/mol. The van der Waals surface area contributed by atoms with Gasteiger partial charge in [0.05, 0.1) is 18.1 Å². The van der Waals surface area contributed by atoms with Crippen molar-refractivity contribution in [2.24, 2.45) is 0 Å². The van der Waals surface area contributed by atoms with Gasteiger partial charge in [0.1, 0.15) is 18.2 Å². The third kappa shape index (κ3) is 6.88. The Kier molecular flexibility index (Phi) is 8.12. The van der Waals surface area contributed by atoms with E-state index in [2.05, 4.69) is 5.32 Å². The molecule has 1 N–H and O–H groups in total. The Labute approximate surface area is 204 Å². The fourth-order valence-electron chi connectivity index (χ4n) is 3.71. The third-order valence-corrected chi connectivity index (χ3v) is 7.50. The smallest absolute Gasteiger partial charge is 0.243 e. The second-order valence-electron chi connectivity index (χ2n) is 8.16. The lowest BCUT2D eigenvalue weighted by Crippen LogP contribution is -2.40. The summed E-state index contributed by atoms with van der Waals surface area (Å²) >= 11 is 0. The molecule has 3 aromatic rings. The summed E-state index contributed by atoms with van der Waals surface area (Å²) in [5.74, 6) is -0.0849. The van der Waals surface area contributed by atoms with Crippen molar-refractivity contribution in [3.63, 3.8) is 0 Å². The molecule has 0 aromatic heterocycles. The molecular formula is C26H27FN2O5S. The summed E-state index contributed by atoms with van der Waals surface area (Å²) in [4.78, 5) is 12.7. The van der Waals surface area contributed by atoms with Gasteiger partial charge in [-0.25, -0.2) is 12.8 Å². The maximum Gasteiger partial charge on any atom is 0.243 e. The first kappa shape index (κ1) is 24.8. The van der Waals surface area contributed by atoms with Crippen LogP contribution >= 0.6 is 0 Å². The van der Waals surface area contributed by atoms with Crippen LogP contribution in [0, 0.1) is 5.82 Å². The summed E-state index contributed by atoms with van der Waals surface area (Å²) in [6.07, 6.45) is 0.728. The summed E-state index contributed by atoms with van der Waals surface area (Å²) in [6, 6.07) is 19.8. The summed E-state index contributed by atoms with van der Waals surface area (Å²) in [7, 11) is -3.53. The predicted octanol–water partition coefficient (Wildman–Crippen LogP) is 4.00. The molecule has 1 heterocycles. The number of ether oxygens (including phenoxy) is 2. The number of morpholine rings is 1. The number of sulfonamides is 1. The average Bonchev–Trinajstić information content (AvgIpc) is 2.87. The number of halogens is 1. The Morgan fingerprint density at radius 2 is 1.71 bits per heavy atom. The quantitative estimate of drug-likeness (QED) is 0.482. The van der Waals surface area contributed by atoms with Crippen molar-refractivity contribution >= 4 is 21.6 Å². The van der Waals surface area contributed by atoms with Crippen LogP contribution in [0.15, 0.2) is 77.7 Å². The normalized spacial score (nSPS) is 14.4. The van der Waals surface area contributed by atoms with Gasteiger partial charge in [0.25, 0.3) is 0 Å². The van der Waals surface area contributed by atoms with Crippen molar-refractivity contribution in [1.29, 1.82) is 0 Å². The van der Waals surface area contributed by atoms with Gasteiger partial charge < -0.3 is 14.8 Å². The third-order valence-electron chi connectivity index (χ3n) is 5.58. The lowest BCUT2D eigenvalue weighted by atomic mass is 10.1. The molecule has 0 saturated carbocycles. The van der Waals surface area contributed by atoms with E-state index in [4.69, 9.17) is 9.47 Å². The topological polar surface area (TPSA) is 84.9 Å². The van der Waals surface area contributed by atoms with Crippen LogP contribution in [0.3, 0.4) is 0 Å². The zero-order valence-corrected chi connectivity index (χ0v) is 20.0. The molecule has 35 heavy (non-hydrogen) atoms. The first-order chi connectivity index (χ1) is 16.9. The van der Waals surface area contributed by atoms with Gasteiger partial charge in [-0.15, -0.1) is 0 Å². The molecule has 0 atom stereocenters. The highest BCUT2D eigenvalue weighted by molar-refractivity contribution is 7.89.